The Kier molecular flexibility index (Phi) is 5.12. The van der Waals surface area contributed by atoms with E-state index in [2.05, 4.69) is 15.3 Å². The summed E-state index contributed by atoms with van der Waals surface area (Å²) in [5, 5.41) is 12.7. The Labute approximate surface area is 113 Å². The van der Waals surface area contributed by atoms with Gasteiger partial charge in [0.1, 0.15) is 11.1 Å². The van der Waals surface area contributed by atoms with E-state index in [1.54, 1.807) is 11.3 Å². The quantitative estimate of drug-likeness (QED) is 0.891. The number of thiazole rings is 1. The molecule has 0 aliphatic carbocycles. The van der Waals surface area contributed by atoms with Gasteiger partial charge in [0.2, 0.25) is 0 Å². The lowest BCUT2D eigenvalue weighted by molar-refractivity contribution is 0.0744. The van der Waals surface area contributed by atoms with Gasteiger partial charge in [-0.1, -0.05) is 0 Å². The Bertz CT molecular complexity index is 362. The molecule has 1 unspecified atom stereocenters. The molecule has 1 aromatic rings. The molecule has 1 saturated heterocycles. The molecule has 2 rings (SSSR count). The van der Waals surface area contributed by atoms with Gasteiger partial charge in [0, 0.05) is 31.6 Å². The molecule has 18 heavy (non-hydrogen) atoms. The number of ether oxygens (including phenoxy) is 1. The fourth-order valence-corrected chi connectivity index (χ4v) is 3.02. The molecule has 102 valence electrons. The van der Waals surface area contributed by atoms with Gasteiger partial charge in [-0.3, -0.25) is 4.90 Å². The third kappa shape index (κ3) is 3.75. The van der Waals surface area contributed by atoms with E-state index in [0.717, 1.165) is 49.8 Å². The van der Waals surface area contributed by atoms with E-state index in [-0.39, 0.29) is 12.2 Å². The van der Waals surface area contributed by atoms with Crippen molar-refractivity contribution in [3.8, 4) is 0 Å². The number of hydrogen-bond donors (Lipinski definition) is 1. The first-order chi connectivity index (χ1) is 8.69. The van der Waals surface area contributed by atoms with Crippen LogP contribution in [0, 0.1) is 0 Å². The van der Waals surface area contributed by atoms with Gasteiger partial charge < -0.3 is 9.84 Å². The van der Waals surface area contributed by atoms with Gasteiger partial charge in [-0.2, -0.15) is 0 Å². The number of likely N-dealkylation sites (tertiary alicyclic amines) is 1. The first-order valence-electron chi connectivity index (χ1n) is 6.65. The second-order valence-electron chi connectivity index (χ2n) is 4.78. The molecular formula is C13H22N2O2S. The highest BCUT2D eigenvalue weighted by atomic mass is 32.1. The molecule has 5 heteroatoms. The predicted octanol–water partition coefficient (Wildman–Crippen LogP) is 2.20. The molecule has 0 bridgehead atoms. The zero-order valence-corrected chi connectivity index (χ0v) is 11.9. The second-order valence-corrected chi connectivity index (χ2v) is 5.67. The fraction of sp³-hybridized carbons (Fsp3) is 0.769. The van der Waals surface area contributed by atoms with Gasteiger partial charge in [-0.15, -0.1) is 11.3 Å². The molecule has 0 amide bonds. The van der Waals surface area contributed by atoms with Crippen LogP contribution >= 0.6 is 11.3 Å². The smallest absolute Gasteiger partial charge is 0.122 e. The SMILES string of the molecule is CCOC(C)c1nc(CN2CCC(O)CC2)cs1. The fourth-order valence-electron chi connectivity index (χ4n) is 2.21. The number of piperidine rings is 1. The largest absolute Gasteiger partial charge is 0.393 e. The van der Waals surface area contributed by atoms with Crippen LogP contribution in [0.15, 0.2) is 5.38 Å². The predicted molar refractivity (Wildman–Crippen MR) is 72.7 cm³/mol. The maximum atomic E-state index is 9.47. The van der Waals surface area contributed by atoms with Crippen molar-refractivity contribution in [2.75, 3.05) is 19.7 Å². The van der Waals surface area contributed by atoms with E-state index in [1.165, 1.54) is 0 Å². The molecule has 1 atom stereocenters. The average molecular weight is 270 g/mol. The second kappa shape index (κ2) is 6.61. The monoisotopic (exact) mass is 270 g/mol. The van der Waals surface area contributed by atoms with Gasteiger partial charge in [0.25, 0.3) is 0 Å². The molecule has 0 saturated carbocycles. The molecule has 0 aromatic carbocycles. The minimum atomic E-state index is -0.106. The summed E-state index contributed by atoms with van der Waals surface area (Å²) >= 11 is 1.67. The van der Waals surface area contributed by atoms with Crippen molar-refractivity contribution in [3.63, 3.8) is 0 Å². The Morgan fingerprint density at radius 2 is 2.28 bits per heavy atom. The molecule has 2 heterocycles. The van der Waals surface area contributed by atoms with E-state index in [4.69, 9.17) is 4.74 Å². The van der Waals surface area contributed by atoms with Crippen LogP contribution in [0.5, 0.6) is 0 Å². The first-order valence-corrected chi connectivity index (χ1v) is 7.53. The topological polar surface area (TPSA) is 45.6 Å². The van der Waals surface area contributed by atoms with Crippen molar-refractivity contribution in [2.45, 2.75) is 45.4 Å². The minimum Gasteiger partial charge on any atom is -0.393 e. The van der Waals surface area contributed by atoms with Gasteiger partial charge in [-0.25, -0.2) is 4.98 Å². The van der Waals surface area contributed by atoms with E-state index >= 15 is 0 Å². The molecule has 1 aromatic heterocycles. The third-order valence-electron chi connectivity index (χ3n) is 3.28. The summed E-state index contributed by atoms with van der Waals surface area (Å²) in [6.45, 7) is 7.60. The summed E-state index contributed by atoms with van der Waals surface area (Å²) in [4.78, 5) is 6.99. The van der Waals surface area contributed by atoms with Crippen molar-refractivity contribution in [2.24, 2.45) is 0 Å². The van der Waals surface area contributed by atoms with Gasteiger partial charge in [0.05, 0.1) is 11.8 Å². The van der Waals surface area contributed by atoms with Crippen molar-refractivity contribution in [1.82, 2.24) is 9.88 Å². The molecule has 1 N–H and O–H groups in total. The van der Waals surface area contributed by atoms with E-state index < -0.39 is 0 Å². The number of aliphatic hydroxyl groups is 1. The minimum absolute atomic E-state index is 0.0944. The number of rotatable bonds is 5. The highest BCUT2D eigenvalue weighted by Crippen LogP contribution is 2.22. The van der Waals surface area contributed by atoms with Gasteiger partial charge in [-0.05, 0) is 26.7 Å². The van der Waals surface area contributed by atoms with Crippen LogP contribution in [0.1, 0.15) is 43.5 Å². The maximum absolute atomic E-state index is 9.47. The van der Waals surface area contributed by atoms with Crippen LogP contribution in [-0.2, 0) is 11.3 Å². The standard InChI is InChI=1S/C13H22N2O2S/c1-3-17-10(2)13-14-11(9-18-13)8-15-6-4-12(16)5-7-15/h9-10,12,16H,3-8H2,1-2H3. The van der Waals surface area contributed by atoms with Crippen LogP contribution in [0.3, 0.4) is 0 Å². The van der Waals surface area contributed by atoms with Crippen molar-refractivity contribution >= 4 is 11.3 Å². The summed E-state index contributed by atoms with van der Waals surface area (Å²) in [6, 6.07) is 0. The van der Waals surface area contributed by atoms with Crippen molar-refractivity contribution < 1.29 is 9.84 Å². The number of aromatic nitrogens is 1. The van der Waals surface area contributed by atoms with Crippen LogP contribution in [0.2, 0.25) is 0 Å². The first kappa shape index (κ1) is 13.9. The van der Waals surface area contributed by atoms with E-state index in [9.17, 15) is 5.11 Å². The highest BCUT2D eigenvalue weighted by molar-refractivity contribution is 7.09. The Hall–Kier alpha value is -0.490. The van der Waals surface area contributed by atoms with Crippen LogP contribution in [0.25, 0.3) is 0 Å². The molecule has 4 nitrogen and oxygen atoms in total. The normalized spacial score (nSPS) is 20.2. The van der Waals surface area contributed by atoms with Crippen LogP contribution < -0.4 is 0 Å². The Morgan fingerprint density at radius 3 is 2.94 bits per heavy atom. The third-order valence-corrected chi connectivity index (χ3v) is 4.33. The summed E-state index contributed by atoms with van der Waals surface area (Å²) in [5.74, 6) is 0. The lowest BCUT2D eigenvalue weighted by Crippen LogP contribution is -2.35. The summed E-state index contributed by atoms with van der Waals surface area (Å²) in [5.41, 5.74) is 1.12. The lowest BCUT2D eigenvalue weighted by atomic mass is 10.1. The number of hydrogen-bond acceptors (Lipinski definition) is 5. The van der Waals surface area contributed by atoms with Crippen LogP contribution in [-0.4, -0.2) is 40.8 Å². The molecule has 1 fully saturated rings. The average Bonchev–Trinajstić information content (AvgIpc) is 2.81. The van der Waals surface area contributed by atoms with E-state index in [0.29, 0.717) is 0 Å². The molecule has 0 radical (unpaired) electrons. The van der Waals surface area contributed by atoms with Gasteiger partial charge in [0.15, 0.2) is 0 Å². The Morgan fingerprint density at radius 1 is 1.56 bits per heavy atom. The molecule has 1 aliphatic rings. The highest BCUT2D eigenvalue weighted by Gasteiger charge is 2.18. The maximum Gasteiger partial charge on any atom is 0.122 e. The van der Waals surface area contributed by atoms with Crippen molar-refractivity contribution in [1.29, 1.82) is 0 Å². The molecular weight excluding hydrogens is 248 g/mol. The zero-order valence-electron chi connectivity index (χ0n) is 11.1. The number of aliphatic hydroxyl groups excluding tert-OH is 1. The van der Waals surface area contributed by atoms with Crippen LogP contribution in [0.4, 0.5) is 0 Å². The van der Waals surface area contributed by atoms with E-state index in [1.807, 2.05) is 13.8 Å². The zero-order chi connectivity index (χ0) is 13.0. The lowest BCUT2D eigenvalue weighted by Gasteiger charge is -2.28. The molecule has 0 spiro atoms. The number of nitrogens with zero attached hydrogens (tertiary/aromatic N) is 2. The molecule has 1 aliphatic heterocycles. The van der Waals surface area contributed by atoms with Gasteiger partial charge >= 0.3 is 0 Å². The summed E-state index contributed by atoms with van der Waals surface area (Å²) in [7, 11) is 0. The summed E-state index contributed by atoms with van der Waals surface area (Å²) in [6.07, 6.45) is 1.75. The summed E-state index contributed by atoms with van der Waals surface area (Å²) < 4.78 is 5.55. The van der Waals surface area contributed by atoms with Crippen molar-refractivity contribution in [3.05, 3.63) is 16.1 Å². The Balaban J connectivity index is 1.86.